The van der Waals surface area contributed by atoms with Gasteiger partial charge < -0.3 is 4.57 Å². The minimum atomic E-state index is 0.409. The molecule has 0 aliphatic heterocycles. The summed E-state index contributed by atoms with van der Waals surface area (Å²) in [5.41, 5.74) is 2.02. The second kappa shape index (κ2) is 6.82. The highest BCUT2D eigenvalue weighted by Gasteiger charge is 2.21. The Kier molecular flexibility index (Phi) is 5.34. The van der Waals surface area contributed by atoms with E-state index < -0.39 is 0 Å². The number of rotatable bonds is 6. The predicted molar refractivity (Wildman–Crippen MR) is 88.0 cm³/mol. The Balaban J connectivity index is 2.59. The van der Waals surface area contributed by atoms with Crippen molar-refractivity contribution >= 4 is 34.2 Å². The van der Waals surface area contributed by atoms with Crippen molar-refractivity contribution in [3.05, 3.63) is 29.0 Å². The summed E-state index contributed by atoms with van der Waals surface area (Å²) < 4.78 is 2.33. The lowest BCUT2D eigenvalue weighted by atomic mass is 9.95. The summed E-state index contributed by atoms with van der Waals surface area (Å²) in [6.45, 7) is 6.77. The van der Waals surface area contributed by atoms with Crippen LogP contribution in [0.2, 0.25) is 5.02 Å². The number of aryl methyl sites for hydroxylation is 1. The first-order chi connectivity index (χ1) is 9.63. The maximum Gasteiger partial charge on any atom is 0.111 e. The van der Waals surface area contributed by atoms with Gasteiger partial charge in [0.2, 0.25) is 0 Å². The molecule has 0 aliphatic carbocycles. The van der Waals surface area contributed by atoms with Crippen LogP contribution < -0.4 is 0 Å². The summed E-state index contributed by atoms with van der Waals surface area (Å²) in [5.74, 6) is 2.26. The summed E-state index contributed by atoms with van der Waals surface area (Å²) in [6, 6.07) is 6.40. The van der Waals surface area contributed by atoms with Crippen molar-refractivity contribution in [2.75, 3.05) is 5.88 Å². The number of aromatic nitrogens is 2. The van der Waals surface area contributed by atoms with E-state index in [-0.39, 0.29) is 0 Å². The van der Waals surface area contributed by atoms with Crippen molar-refractivity contribution in [2.24, 2.45) is 5.92 Å². The molecule has 1 unspecified atom stereocenters. The molecule has 2 nitrogen and oxygen atoms in total. The van der Waals surface area contributed by atoms with E-state index >= 15 is 0 Å². The van der Waals surface area contributed by atoms with Gasteiger partial charge in [-0.05, 0) is 25.0 Å². The van der Waals surface area contributed by atoms with E-state index in [9.17, 15) is 0 Å². The Labute approximate surface area is 131 Å². The Hall–Kier alpha value is -0.730. The molecule has 2 aromatic rings. The fourth-order valence-corrected chi connectivity index (χ4v) is 3.41. The zero-order valence-electron chi connectivity index (χ0n) is 12.4. The van der Waals surface area contributed by atoms with Crippen molar-refractivity contribution in [1.29, 1.82) is 0 Å². The van der Waals surface area contributed by atoms with Crippen molar-refractivity contribution in [2.45, 2.75) is 46.1 Å². The zero-order valence-corrected chi connectivity index (χ0v) is 13.9. The molecule has 2 rings (SSSR count). The van der Waals surface area contributed by atoms with Crippen molar-refractivity contribution < 1.29 is 0 Å². The third-order valence-electron chi connectivity index (χ3n) is 4.20. The Bertz CT molecular complexity index is 573. The average molecular weight is 313 g/mol. The van der Waals surface area contributed by atoms with Crippen LogP contribution in [0.4, 0.5) is 0 Å². The second-order valence-corrected chi connectivity index (χ2v) is 6.05. The first kappa shape index (κ1) is 15.7. The number of halogens is 2. The van der Waals surface area contributed by atoms with Gasteiger partial charge in [0.05, 0.1) is 10.5 Å². The normalized spacial score (nSPS) is 13.3. The topological polar surface area (TPSA) is 17.8 Å². The van der Waals surface area contributed by atoms with E-state index in [4.69, 9.17) is 28.2 Å². The number of hydrogen-bond donors (Lipinski definition) is 0. The Morgan fingerprint density at radius 3 is 2.55 bits per heavy atom. The largest absolute Gasteiger partial charge is 0.325 e. The molecular weight excluding hydrogens is 291 g/mol. The van der Waals surface area contributed by atoms with Crippen LogP contribution in [0.5, 0.6) is 0 Å². The van der Waals surface area contributed by atoms with E-state index in [0.29, 0.717) is 22.9 Å². The summed E-state index contributed by atoms with van der Waals surface area (Å²) in [7, 11) is 0. The van der Waals surface area contributed by atoms with E-state index in [1.165, 1.54) is 0 Å². The lowest BCUT2D eigenvalue weighted by Crippen LogP contribution is -2.18. The third kappa shape index (κ3) is 2.82. The van der Waals surface area contributed by atoms with Crippen LogP contribution in [0.25, 0.3) is 11.0 Å². The number of hydrogen-bond acceptors (Lipinski definition) is 1. The molecule has 0 N–H and O–H groups in total. The number of nitrogens with zero attached hydrogens (tertiary/aromatic N) is 2. The summed E-state index contributed by atoms with van der Waals surface area (Å²) in [5, 5.41) is 0.716. The molecule has 20 heavy (non-hydrogen) atoms. The molecule has 0 aliphatic rings. The molecule has 0 radical (unpaired) electrons. The van der Waals surface area contributed by atoms with Crippen LogP contribution in [0.15, 0.2) is 18.2 Å². The summed E-state index contributed by atoms with van der Waals surface area (Å²) in [4.78, 5) is 4.72. The maximum absolute atomic E-state index is 6.29. The molecule has 1 atom stereocenters. The van der Waals surface area contributed by atoms with Crippen LogP contribution in [0.3, 0.4) is 0 Å². The molecule has 0 bridgehead atoms. The smallest absolute Gasteiger partial charge is 0.111 e. The zero-order chi connectivity index (χ0) is 14.7. The van der Waals surface area contributed by atoms with Crippen LogP contribution in [-0.4, -0.2) is 15.4 Å². The number of fused-ring (bicyclic) bond motifs is 1. The third-order valence-corrected chi connectivity index (χ3v) is 4.69. The minimum Gasteiger partial charge on any atom is -0.325 e. The number of imidazole rings is 1. The monoisotopic (exact) mass is 312 g/mol. The molecular formula is C16H22Cl2N2. The van der Waals surface area contributed by atoms with Gasteiger partial charge in [-0.15, -0.1) is 11.6 Å². The number of benzene rings is 1. The minimum absolute atomic E-state index is 0.409. The van der Waals surface area contributed by atoms with Crippen LogP contribution in [0, 0.1) is 5.92 Å². The van der Waals surface area contributed by atoms with Gasteiger partial charge in [0, 0.05) is 18.3 Å². The van der Waals surface area contributed by atoms with E-state index in [2.05, 4.69) is 31.4 Å². The fourth-order valence-electron chi connectivity index (χ4n) is 3.03. The molecule has 0 spiro atoms. The quantitative estimate of drug-likeness (QED) is 0.647. The van der Waals surface area contributed by atoms with Crippen LogP contribution in [0.1, 0.15) is 45.5 Å². The van der Waals surface area contributed by atoms with Crippen LogP contribution in [-0.2, 0) is 6.42 Å². The summed E-state index contributed by atoms with van der Waals surface area (Å²) in [6.07, 6.45) is 3.10. The van der Waals surface area contributed by atoms with E-state index in [1.54, 1.807) is 0 Å². The molecule has 1 aromatic carbocycles. The highest BCUT2D eigenvalue weighted by Crippen LogP contribution is 2.32. The molecule has 0 amide bonds. The molecule has 1 aromatic heterocycles. The van der Waals surface area contributed by atoms with Gasteiger partial charge in [-0.1, -0.05) is 44.4 Å². The number of alkyl halides is 1. The summed E-state index contributed by atoms with van der Waals surface area (Å²) >= 11 is 12.2. The maximum atomic E-state index is 6.29. The Morgan fingerprint density at radius 1 is 1.25 bits per heavy atom. The van der Waals surface area contributed by atoms with Crippen LogP contribution >= 0.6 is 23.2 Å². The predicted octanol–water partition coefficient (Wildman–Crippen LogP) is 5.47. The molecule has 110 valence electrons. The highest BCUT2D eigenvalue weighted by molar-refractivity contribution is 6.34. The molecule has 4 heteroatoms. The van der Waals surface area contributed by atoms with Gasteiger partial charge in [0.25, 0.3) is 0 Å². The van der Waals surface area contributed by atoms with Crippen molar-refractivity contribution in [1.82, 2.24) is 9.55 Å². The first-order valence-electron chi connectivity index (χ1n) is 7.35. The molecule has 0 saturated heterocycles. The molecule has 1 heterocycles. The van der Waals surface area contributed by atoms with Gasteiger partial charge in [0.15, 0.2) is 0 Å². The second-order valence-electron chi connectivity index (χ2n) is 5.26. The Morgan fingerprint density at radius 2 is 1.95 bits per heavy atom. The first-order valence-corrected chi connectivity index (χ1v) is 8.26. The standard InChI is InChI=1S/C16H22Cl2N2/c1-4-12(5-2)11(3)20-14-8-6-7-13(18)16(14)19-15(20)9-10-17/h6-8,11-12H,4-5,9-10H2,1-3H3. The number of para-hydroxylation sites is 1. The molecule has 0 fully saturated rings. The van der Waals surface area contributed by atoms with E-state index in [0.717, 1.165) is 36.1 Å². The lowest BCUT2D eigenvalue weighted by Gasteiger charge is -2.25. The van der Waals surface area contributed by atoms with Gasteiger partial charge in [-0.2, -0.15) is 0 Å². The van der Waals surface area contributed by atoms with Gasteiger partial charge in [-0.3, -0.25) is 0 Å². The molecule has 0 saturated carbocycles. The van der Waals surface area contributed by atoms with Gasteiger partial charge in [-0.25, -0.2) is 4.98 Å². The van der Waals surface area contributed by atoms with Crippen molar-refractivity contribution in [3.8, 4) is 0 Å². The van der Waals surface area contributed by atoms with Gasteiger partial charge >= 0.3 is 0 Å². The highest BCUT2D eigenvalue weighted by atomic mass is 35.5. The van der Waals surface area contributed by atoms with Gasteiger partial charge in [0.1, 0.15) is 11.3 Å². The lowest BCUT2D eigenvalue weighted by molar-refractivity contribution is 0.333. The van der Waals surface area contributed by atoms with E-state index in [1.807, 2.05) is 12.1 Å². The van der Waals surface area contributed by atoms with Crippen molar-refractivity contribution in [3.63, 3.8) is 0 Å². The average Bonchev–Trinajstić information content (AvgIpc) is 2.80. The fraction of sp³-hybridized carbons (Fsp3) is 0.562. The SMILES string of the molecule is CCC(CC)C(C)n1c(CCCl)nc2c(Cl)cccc21.